The van der Waals surface area contributed by atoms with E-state index in [2.05, 4.69) is 24.1 Å². The molecule has 2 aliphatic heterocycles. The molecule has 0 aromatic heterocycles. The number of piperidine rings is 1. The van der Waals surface area contributed by atoms with Crippen molar-refractivity contribution in [1.82, 2.24) is 15.1 Å². The van der Waals surface area contributed by atoms with E-state index in [0.717, 1.165) is 54.3 Å². The summed E-state index contributed by atoms with van der Waals surface area (Å²) in [5, 5.41) is 3.72. The zero-order chi connectivity index (χ0) is 25.6. The van der Waals surface area contributed by atoms with Gasteiger partial charge >= 0.3 is 0 Å². The molecule has 0 saturated carbocycles. The van der Waals surface area contributed by atoms with Crippen LogP contribution < -0.4 is 10.1 Å². The molecule has 35 heavy (non-hydrogen) atoms. The molecular weight excluding hydrogens is 466 g/mol. The first-order valence-corrected chi connectivity index (χ1v) is 13.3. The number of likely N-dealkylation sites (tertiary alicyclic amines) is 1. The fourth-order valence-corrected chi connectivity index (χ4v) is 5.06. The second kappa shape index (κ2) is 12.4. The van der Waals surface area contributed by atoms with Gasteiger partial charge in [-0.3, -0.25) is 14.5 Å². The van der Waals surface area contributed by atoms with E-state index in [1.807, 2.05) is 30.9 Å². The predicted molar refractivity (Wildman–Crippen MR) is 139 cm³/mol. The van der Waals surface area contributed by atoms with Crippen LogP contribution in [0.3, 0.4) is 0 Å². The maximum Gasteiger partial charge on any atom is 0.225 e. The molecule has 2 saturated heterocycles. The van der Waals surface area contributed by atoms with Gasteiger partial charge in [-0.05, 0) is 68.8 Å². The van der Waals surface area contributed by atoms with Crippen molar-refractivity contribution in [2.24, 2.45) is 5.92 Å². The highest BCUT2D eigenvalue weighted by Gasteiger charge is 2.41. The number of amides is 2. The standard InChI is InChI=1S/C27H42ClN3O4/c1-19(2)6-9-30-12-13-35-27(17-30,18-34-24-14-20(3)26(28)21(4)15-24)16-25(33)31-10-7-23(8-11-31)29-22(5)32/h14-15,19,23H,6-13,16-18H2,1-5H3,(H,29,32)/t27-/m1/s1. The summed E-state index contributed by atoms with van der Waals surface area (Å²) < 4.78 is 12.6. The highest BCUT2D eigenvalue weighted by Crippen LogP contribution is 2.29. The smallest absolute Gasteiger partial charge is 0.225 e. The molecule has 1 atom stereocenters. The van der Waals surface area contributed by atoms with E-state index >= 15 is 0 Å². The number of aryl methyl sites for hydroxylation is 2. The van der Waals surface area contributed by atoms with E-state index in [4.69, 9.17) is 21.1 Å². The minimum Gasteiger partial charge on any atom is -0.490 e. The minimum absolute atomic E-state index is 0.0179. The lowest BCUT2D eigenvalue weighted by Crippen LogP contribution is -2.58. The van der Waals surface area contributed by atoms with Crippen LogP contribution >= 0.6 is 11.6 Å². The number of rotatable bonds is 9. The Bertz CT molecular complexity index is 862. The van der Waals surface area contributed by atoms with Gasteiger partial charge in [0.1, 0.15) is 18.0 Å². The molecule has 7 nitrogen and oxygen atoms in total. The lowest BCUT2D eigenvalue weighted by atomic mass is 9.95. The van der Waals surface area contributed by atoms with Gasteiger partial charge in [0.25, 0.3) is 0 Å². The third kappa shape index (κ3) is 8.09. The zero-order valence-electron chi connectivity index (χ0n) is 22.0. The minimum atomic E-state index is -0.706. The molecule has 1 N–H and O–H groups in total. The van der Waals surface area contributed by atoms with E-state index in [-0.39, 0.29) is 24.3 Å². The molecular formula is C27H42ClN3O4. The summed E-state index contributed by atoms with van der Waals surface area (Å²) in [5.74, 6) is 1.44. The Morgan fingerprint density at radius 2 is 1.86 bits per heavy atom. The number of halogens is 1. The normalized spacial score (nSPS) is 21.9. The van der Waals surface area contributed by atoms with Gasteiger partial charge in [0.15, 0.2) is 0 Å². The van der Waals surface area contributed by atoms with Crippen LogP contribution in [0.4, 0.5) is 0 Å². The van der Waals surface area contributed by atoms with Crippen LogP contribution in [0.2, 0.25) is 5.02 Å². The number of hydrogen-bond acceptors (Lipinski definition) is 5. The fraction of sp³-hybridized carbons (Fsp3) is 0.704. The molecule has 0 unspecified atom stereocenters. The van der Waals surface area contributed by atoms with Crippen LogP contribution in [0.15, 0.2) is 12.1 Å². The van der Waals surface area contributed by atoms with Gasteiger partial charge in [-0.1, -0.05) is 25.4 Å². The number of nitrogens with zero attached hydrogens (tertiary/aromatic N) is 2. The largest absolute Gasteiger partial charge is 0.490 e. The Balaban J connectivity index is 1.70. The van der Waals surface area contributed by atoms with Crippen molar-refractivity contribution >= 4 is 23.4 Å². The summed E-state index contributed by atoms with van der Waals surface area (Å²) in [6.45, 7) is 14.6. The molecule has 0 bridgehead atoms. The molecule has 2 amide bonds. The summed E-state index contributed by atoms with van der Waals surface area (Å²) in [7, 11) is 0. The van der Waals surface area contributed by atoms with Crippen molar-refractivity contribution in [1.29, 1.82) is 0 Å². The third-order valence-corrected chi connectivity index (χ3v) is 7.59. The number of carbonyl (C=O) groups excluding carboxylic acids is 2. The van der Waals surface area contributed by atoms with Crippen LogP contribution in [-0.4, -0.2) is 79.2 Å². The number of nitrogens with one attached hydrogen (secondary N) is 1. The maximum atomic E-state index is 13.4. The van der Waals surface area contributed by atoms with Crippen molar-refractivity contribution in [3.05, 3.63) is 28.3 Å². The lowest BCUT2D eigenvalue weighted by Gasteiger charge is -2.43. The third-order valence-electron chi connectivity index (χ3n) is 6.99. The van der Waals surface area contributed by atoms with Crippen LogP contribution in [-0.2, 0) is 14.3 Å². The zero-order valence-corrected chi connectivity index (χ0v) is 22.7. The lowest BCUT2D eigenvalue weighted by molar-refractivity contribution is -0.157. The highest BCUT2D eigenvalue weighted by molar-refractivity contribution is 6.32. The number of morpholine rings is 1. The predicted octanol–water partition coefficient (Wildman–Crippen LogP) is 3.97. The Morgan fingerprint density at radius 3 is 2.46 bits per heavy atom. The first-order chi connectivity index (χ1) is 16.6. The summed E-state index contributed by atoms with van der Waals surface area (Å²) >= 11 is 6.34. The van der Waals surface area contributed by atoms with Crippen LogP contribution in [0.5, 0.6) is 5.75 Å². The van der Waals surface area contributed by atoms with Gasteiger partial charge in [0.05, 0.1) is 13.0 Å². The highest BCUT2D eigenvalue weighted by atomic mass is 35.5. The number of hydrogen-bond donors (Lipinski definition) is 1. The first kappa shape index (κ1) is 27.8. The van der Waals surface area contributed by atoms with Crippen molar-refractivity contribution in [2.75, 3.05) is 45.9 Å². The average Bonchev–Trinajstić information content (AvgIpc) is 2.80. The van der Waals surface area contributed by atoms with Gasteiger partial charge < -0.3 is 19.7 Å². The summed E-state index contributed by atoms with van der Waals surface area (Å²) in [5.41, 5.74) is 1.23. The van der Waals surface area contributed by atoms with E-state index < -0.39 is 5.60 Å². The quantitative estimate of drug-likeness (QED) is 0.547. The summed E-state index contributed by atoms with van der Waals surface area (Å²) in [6.07, 6.45) is 2.94. The maximum absolute atomic E-state index is 13.4. The Kier molecular flexibility index (Phi) is 9.85. The summed E-state index contributed by atoms with van der Waals surface area (Å²) in [6, 6.07) is 4.02. The van der Waals surface area contributed by atoms with Crippen LogP contribution in [0, 0.1) is 19.8 Å². The summed E-state index contributed by atoms with van der Waals surface area (Å²) in [4.78, 5) is 29.1. The average molecular weight is 508 g/mol. The SMILES string of the molecule is CC(=O)NC1CCN(C(=O)C[C@]2(COc3cc(C)c(Cl)c(C)c3)CN(CCC(C)C)CCO2)CC1. The Morgan fingerprint density at radius 1 is 1.20 bits per heavy atom. The van der Waals surface area contributed by atoms with Crippen molar-refractivity contribution in [3.63, 3.8) is 0 Å². The van der Waals surface area contributed by atoms with E-state index in [9.17, 15) is 9.59 Å². The van der Waals surface area contributed by atoms with Gasteiger partial charge in [0, 0.05) is 44.2 Å². The Labute approximate surface area is 215 Å². The number of ether oxygens (including phenoxy) is 2. The first-order valence-electron chi connectivity index (χ1n) is 12.9. The molecule has 196 valence electrons. The van der Waals surface area contributed by atoms with Crippen molar-refractivity contribution in [3.8, 4) is 5.75 Å². The van der Waals surface area contributed by atoms with Gasteiger partial charge in [-0.2, -0.15) is 0 Å². The second-order valence-corrected chi connectivity index (χ2v) is 11.1. The molecule has 1 aromatic carbocycles. The molecule has 0 aliphatic carbocycles. The van der Waals surface area contributed by atoms with E-state index in [1.165, 1.54) is 6.92 Å². The van der Waals surface area contributed by atoms with E-state index in [1.54, 1.807) is 0 Å². The molecule has 3 rings (SSSR count). The monoisotopic (exact) mass is 507 g/mol. The van der Waals surface area contributed by atoms with E-state index in [0.29, 0.717) is 38.8 Å². The molecule has 8 heteroatoms. The second-order valence-electron chi connectivity index (χ2n) is 10.7. The van der Waals surface area contributed by atoms with Crippen molar-refractivity contribution < 1.29 is 19.1 Å². The Hall–Kier alpha value is -1.83. The van der Waals surface area contributed by atoms with Gasteiger partial charge in [0.2, 0.25) is 11.8 Å². The molecule has 1 aromatic rings. The number of carbonyl (C=O) groups is 2. The number of benzene rings is 1. The molecule has 2 fully saturated rings. The molecule has 2 heterocycles. The van der Waals surface area contributed by atoms with Crippen LogP contribution in [0.25, 0.3) is 0 Å². The molecule has 0 spiro atoms. The molecule has 0 radical (unpaired) electrons. The fourth-order valence-electron chi connectivity index (χ4n) is 4.95. The van der Waals surface area contributed by atoms with Crippen LogP contribution in [0.1, 0.15) is 57.6 Å². The molecule has 2 aliphatic rings. The van der Waals surface area contributed by atoms with Gasteiger partial charge in [-0.15, -0.1) is 0 Å². The van der Waals surface area contributed by atoms with Crippen molar-refractivity contribution in [2.45, 2.75) is 71.9 Å². The van der Waals surface area contributed by atoms with Gasteiger partial charge in [-0.25, -0.2) is 0 Å². The topological polar surface area (TPSA) is 71.1 Å².